The van der Waals surface area contributed by atoms with Crippen LogP contribution in [0, 0.1) is 20.8 Å². The van der Waals surface area contributed by atoms with Gasteiger partial charge in [-0.1, -0.05) is 12.1 Å². The summed E-state index contributed by atoms with van der Waals surface area (Å²) >= 11 is 3.13. The van der Waals surface area contributed by atoms with E-state index in [-0.39, 0.29) is 24.2 Å². The number of carbonyl (C=O) groups is 2. The lowest BCUT2D eigenvalue weighted by molar-refractivity contribution is -0.123. The van der Waals surface area contributed by atoms with Crippen LogP contribution in [0.3, 0.4) is 0 Å². The molecule has 0 fully saturated rings. The van der Waals surface area contributed by atoms with Gasteiger partial charge in [0.25, 0.3) is 11.8 Å². The van der Waals surface area contributed by atoms with Crippen LogP contribution in [0.4, 0.5) is 0 Å². The number of aryl methyl sites for hydroxylation is 2. The van der Waals surface area contributed by atoms with E-state index in [1.54, 1.807) is 12.1 Å². The topological polar surface area (TPSA) is 80.6 Å². The van der Waals surface area contributed by atoms with Gasteiger partial charge < -0.3 is 19.8 Å². The molecule has 2 rings (SSSR count). The third kappa shape index (κ3) is 5.35. The number of hydrogen-bond acceptors (Lipinski definition) is 4. The summed E-state index contributed by atoms with van der Waals surface area (Å²) in [5.41, 5.74) is 3.14. The maximum absolute atomic E-state index is 11.9. The van der Waals surface area contributed by atoms with Crippen LogP contribution in [-0.4, -0.2) is 31.5 Å². The Kier molecular flexibility index (Phi) is 6.64. The largest absolute Gasteiger partial charge is 0.483 e. The van der Waals surface area contributed by atoms with Crippen LogP contribution in [0.15, 0.2) is 33.4 Å². The molecule has 1 heterocycles. The molecule has 0 saturated heterocycles. The van der Waals surface area contributed by atoms with Crippen LogP contribution in [0.1, 0.15) is 27.2 Å². The van der Waals surface area contributed by atoms with Crippen LogP contribution >= 0.6 is 15.9 Å². The maximum atomic E-state index is 11.9. The van der Waals surface area contributed by atoms with Crippen molar-refractivity contribution >= 4 is 27.7 Å². The fourth-order valence-electron chi connectivity index (χ4n) is 2.24. The highest BCUT2D eigenvalue weighted by atomic mass is 79.9. The lowest BCUT2D eigenvalue weighted by Crippen LogP contribution is -2.36. The number of rotatable bonds is 7. The molecule has 0 radical (unpaired) electrons. The Labute approximate surface area is 155 Å². The van der Waals surface area contributed by atoms with Gasteiger partial charge in [0, 0.05) is 13.1 Å². The molecule has 0 aliphatic rings. The molecule has 6 nitrogen and oxygen atoms in total. The second-order valence-electron chi connectivity index (χ2n) is 5.65. The molecular formula is C18H21BrN2O4. The highest BCUT2D eigenvalue weighted by Crippen LogP contribution is 2.25. The van der Waals surface area contributed by atoms with E-state index in [1.165, 1.54) is 0 Å². The van der Waals surface area contributed by atoms with Crippen molar-refractivity contribution in [2.45, 2.75) is 20.8 Å². The molecule has 0 unspecified atom stereocenters. The Bertz CT molecular complexity index is 770. The normalized spacial score (nSPS) is 10.4. The number of halogens is 1. The Morgan fingerprint density at radius 3 is 2.40 bits per heavy atom. The molecule has 0 spiro atoms. The standard InChI is InChI=1S/C18H21BrN2O4/c1-11-4-5-12(2)17(13(11)3)24-10-16(22)20-8-9-21-18(23)14-6-7-15(19)25-14/h4-7H,8-10H2,1-3H3,(H,20,22)(H,21,23). The summed E-state index contributed by atoms with van der Waals surface area (Å²) in [6, 6.07) is 7.21. The van der Waals surface area contributed by atoms with Gasteiger partial charge in [-0.25, -0.2) is 0 Å². The molecule has 25 heavy (non-hydrogen) atoms. The van der Waals surface area contributed by atoms with Crippen LogP contribution in [0.5, 0.6) is 5.75 Å². The zero-order chi connectivity index (χ0) is 18.4. The van der Waals surface area contributed by atoms with E-state index < -0.39 is 0 Å². The molecule has 2 N–H and O–H groups in total. The minimum absolute atomic E-state index is 0.0653. The van der Waals surface area contributed by atoms with E-state index in [0.29, 0.717) is 17.8 Å². The Morgan fingerprint density at radius 2 is 1.72 bits per heavy atom. The van der Waals surface area contributed by atoms with Crippen molar-refractivity contribution in [1.82, 2.24) is 10.6 Å². The van der Waals surface area contributed by atoms with E-state index in [1.807, 2.05) is 32.9 Å². The molecule has 0 aliphatic carbocycles. The van der Waals surface area contributed by atoms with E-state index >= 15 is 0 Å². The van der Waals surface area contributed by atoms with Crippen molar-refractivity contribution < 1.29 is 18.7 Å². The van der Waals surface area contributed by atoms with Gasteiger partial charge in [-0.15, -0.1) is 0 Å². The van der Waals surface area contributed by atoms with Crippen LogP contribution in [0.25, 0.3) is 0 Å². The van der Waals surface area contributed by atoms with E-state index in [9.17, 15) is 9.59 Å². The van der Waals surface area contributed by atoms with Crippen molar-refractivity contribution in [2.75, 3.05) is 19.7 Å². The first-order valence-corrected chi connectivity index (χ1v) is 8.67. The van der Waals surface area contributed by atoms with E-state index in [4.69, 9.17) is 9.15 Å². The van der Waals surface area contributed by atoms with Crippen molar-refractivity contribution in [3.05, 3.63) is 51.4 Å². The van der Waals surface area contributed by atoms with Gasteiger partial charge in [0.05, 0.1) is 0 Å². The predicted octanol–water partition coefficient (Wildman–Crippen LogP) is 2.89. The van der Waals surface area contributed by atoms with Crippen molar-refractivity contribution in [3.8, 4) is 5.75 Å². The first kappa shape index (κ1) is 19.1. The number of carbonyl (C=O) groups excluding carboxylic acids is 2. The second kappa shape index (κ2) is 8.71. The molecule has 0 bridgehead atoms. The summed E-state index contributed by atoms with van der Waals surface area (Å²) in [6.45, 7) is 6.46. The van der Waals surface area contributed by atoms with Crippen molar-refractivity contribution in [1.29, 1.82) is 0 Å². The van der Waals surface area contributed by atoms with Gasteiger partial charge in [0.1, 0.15) is 5.75 Å². The number of furan rings is 1. The average Bonchev–Trinajstić information content (AvgIpc) is 3.01. The third-order valence-corrected chi connectivity index (χ3v) is 4.18. The second-order valence-corrected chi connectivity index (χ2v) is 6.43. The quantitative estimate of drug-likeness (QED) is 0.690. The fourth-order valence-corrected chi connectivity index (χ4v) is 2.54. The number of benzene rings is 1. The van der Waals surface area contributed by atoms with Gasteiger partial charge in [-0.3, -0.25) is 9.59 Å². The number of amides is 2. The van der Waals surface area contributed by atoms with Crippen molar-refractivity contribution in [3.63, 3.8) is 0 Å². The summed E-state index contributed by atoms with van der Waals surface area (Å²) in [7, 11) is 0. The van der Waals surface area contributed by atoms with Gasteiger partial charge in [-0.2, -0.15) is 0 Å². The molecule has 2 aromatic rings. The first-order chi connectivity index (χ1) is 11.9. The van der Waals surface area contributed by atoms with Crippen LogP contribution in [0.2, 0.25) is 0 Å². The Hall–Kier alpha value is -2.28. The lowest BCUT2D eigenvalue weighted by atomic mass is 10.1. The third-order valence-electron chi connectivity index (χ3n) is 3.75. The van der Waals surface area contributed by atoms with Gasteiger partial charge in [0.15, 0.2) is 17.0 Å². The molecular weight excluding hydrogens is 388 g/mol. The monoisotopic (exact) mass is 408 g/mol. The summed E-state index contributed by atoms with van der Waals surface area (Å²) in [6.07, 6.45) is 0. The highest BCUT2D eigenvalue weighted by molar-refractivity contribution is 9.10. The zero-order valence-electron chi connectivity index (χ0n) is 14.4. The predicted molar refractivity (Wildman–Crippen MR) is 97.9 cm³/mol. The fraction of sp³-hybridized carbons (Fsp3) is 0.333. The summed E-state index contributed by atoms with van der Waals surface area (Å²) in [5, 5.41) is 5.36. The summed E-state index contributed by atoms with van der Waals surface area (Å²) in [5.74, 6) is 0.385. The number of ether oxygens (including phenoxy) is 1. The molecule has 2 amide bonds. The van der Waals surface area contributed by atoms with Gasteiger partial charge in [0.2, 0.25) is 0 Å². The highest BCUT2D eigenvalue weighted by Gasteiger charge is 2.11. The average molecular weight is 409 g/mol. The molecule has 0 atom stereocenters. The molecule has 134 valence electrons. The lowest BCUT2D eigenvalue weighted by Gasteiger charge is -2.14. The van der Waals surface area contributed by atoms with Gasteiger partial charge in [-0.05, 0) is 65.5 Å². The van der Waals surface area contributed by atoms with Crippen LogP contribution < -0.4 is 15.4 Å². The first-order valence-electron chi connectivity index (χ1n) is 7.88. The van der Waals surface area contributed by atoms with Crippen LogP contribution in [-0.2, 0) is 4.79 Å². The summed E-state index contributed by atoms with van der Waals surface area (Å²) in [4.78, 5) is 23.6. The Balaban J connectivity index is 1.71. The number of nitrogens with one attached hydrogen (secondary N) is 2. The van der Waals surface area contributed by atoms with E-state index in [2.05, 4.69) is 26.6 Å². The molecule has 1 aromatic carbocycles. The molecule has 1 aromatic heterocycles. The van der Waals surface area contributed by atoms with Crippen molar-refractivity contribution in [2.24, 2.45) is 0 Å². The summed E-state index contributed by atoms with van der Waals surface area (Å²) < 4.78 is 11.3. The molecule has 0 saturated carbocycles. The van der Waals surface area contributed by atoms with Gasteiger partial charge >= 0.3 is 0 Å². The minimum atomic E-state index is -0.331. The maximum Gasteiger partial charge on any atom is 0.287 e. The molecule has 0 aliphatic heterocycles. The van der Waals surface area contributed by atoms with E-state index in [0.717, 1.165) is 22.4 Å². The number of hydrogen-bond donors (Lipinski definition) is 2. The SMILES string of the molecule is Cc1ccc(C)c(OCC(=O)NCCNC(=O)c2ccc(Br)o2)c1C. The zero-order valence-corrected chi connectivity index (χ0v) is 16.0. The minimum Gasteiger partial charge on any atom is -0.483 e. The molecule has 7 heteroatoms. The smallest absolute Gasteiger partial charge is 0.287 e. The Morgan fingerprint density at radius 1 is 1.04 bits per heavy atom.